The molecule has 7 heteroatoms. The summed E-state index contributed by atoms with van der Waals surface area (Å²) in [5, 5.41) is 14.3. The number of nitrogens with zero attached hydrogens (tertiary/aromatic N) is 3. The van der Waals surface area contributed by atoms with Crippen LogP contribution in [-0.4, -0.2) is 53.5 Å². The summed E-state index contributed by atoms with van der Waals surface area (Å²) in [6.45, 7) is 6.72. The van der Waals surface area contributed by atoms with Crippen molar-refractivity contribution in [2.45, 2.75) is 64.1 Å². The second-order valence-electron chi connectivity index (χ2n) is 8.74. The molecule has 2 heterocycles. The fraction of sp³-hybridized carbons (Fsp3) is 0.667. The van der Waals surface area contributed by atoms with Crippen LogP contribution in [0.15, 0.2) is 18.2 Å². The summed E-state index contributed by atoms with van der Waals surface area (Å²) in [4.78, 5) is 28.8. The zero-order valence-corrected chi connectivity index (χ0v) is 16.8. The van der Waals surface area contributed by atoms with E-state index >= 15 is 0 Å². The lowest BCUT2D eigenvalue weighted by atomic mass is 9.82. The van der Waals surface area contributed by atoms with Crippen molar-refractivity contribution in [1.82, 2.24) is 10.2 Å². The highest BCUT2D eigenvalue weighted by Gasteiger charge is 2.43. The average Bonchev–Trinajstić information content (AvgIpc) is 3.20. The van der Waals surface area contributed by atoms with Crippen LogP contribution in [0, 0.1) is 16.0 Å². The van der Waals surface area contributed by atoms with Crippen LogP contribution in [-0.2, 0) is 11.2 Å². The van der Waals surface area contributed by atoms with Gasteiger partial charge in [-0.25, -0.2) is 0 Å². The number of piperazine rings is 1. The molecule has 28 heavy (non-hydrogen) atoms. The summed E-state index contributed by atoms with van der Waals surface area (Å²) in [6, 6.07) is 5.99. The topological polar surface area (TPSA) is 78.7 Å². The van der Waals surface area contributed by atoms with E-state index in [1.54, 1.807) is 12.1 Å². The molecule has 0 radical (unpaired) electrons. The lowest BCUT2D eigenvalue weighted by Gasteiger charge is -2.50. The first-order valence-electron chi connectivity index (χ1n) is 10.5. The number of benzene rings is 1. The second kappa shape index (κ2) is 7.70. The zero-order chi connectivity index (χ0) is 19.8. The molecule has 3 aliphatic rings. The van der Waals surface area contributed by atoms with E-state index in [0.29, 0.717) is 12.5 Å². The number of nitro groups is 1. The summed E-state index contributed by atoms with van der Waals surface area (Å²) in [7, 11) is 0. The number of hydrogen-bond acceptors (Lipinski definition) is 5. The number of nitro benzene ring substituents is 1. The molecule has 1 amide bonds. The van der Waals surface area contributed by atoms with Crippen LogP contribution in [0.5, 0.6) is 0 Å². The van der Waals surface area contributed by atoms with Crippen molar-refractivity contribution < 1.29 is 9.72 Å². The maximum absolute atomic E-state index is 13.0. The molecule has 2 unspecified atom stereocenters. The highest BCUT2D eigenvalue weighted by atomic mass is 16.6. The highest BCUT2D eigenvalue weighted by molar-refractivity contribution is 5.82. The maximum Gasteiger partial charge on any atom is 0.269 e. The Labute approximate surface area is 166 Å². The molecule has 2 fully saturated rings. The first-order chi connectivity index (χ1) is 13.4. The van der Waals surface area contributed by atoms with E-state index < -0.39 is 0 Å². The Kier molecular flexibility index (Phi) is 5.27. The van der Waals surface area contributed by atoms with Gasteiger partial charge in [0.2, 0.25) is 5.91 Å². The Hall–Kier alpha value is -2.15. The third-order valence-electron chi connectivity index (χ3n) is 6.55. The van der Waals surface area contributed by atoms with E-state index in [9.17, 15) is 14.9 Å². The van der Waals surface area contributed by atoms with Gasteiger partial charge in [0.25, 0.3) is 5.69 Å². The summed E-state index contributed by atoms with van der Waals surface area (Å²) in [6.07, 6.45) is 5.70. The Morgan fingerprint density at radius 2 is 2.00 bits per heavy atom. The average molecular weight is 386 g/mol. The van der Waals surface area contributed by atoms with E-state index in [2.05, 4.69) is 15.1 Å². The SMILES string of the molecule is CC(C)NC(=O)C1Cc2cc([N+](=O)[O-])ccc2N2CCN(C3CCCC3)CC12. The summed E-state index contributed by atoms with van der Waals surface area (Å²) >= 11 is 0. The van der Waals surface area contributed by atoms with Crippen molar-refractivity contribution in [3.63, 3.8) is 0 Å². The molecule has 1 aliphatic carbocycles. The van der Waals surface area contributed by atoms with Gasteiger partial charge in [0.1, 0.15) is 0 Å². The van der Waals surface area contributed by atoms with Crippen molar-refractivity contribution in [2.24, 2.45) is 5.92 Å². The van der Waals surface area contributed by atoms with E-state index in [4.69, 9.17) is 0 Å². The molecule has 1 N–H and O–H groups in total. The zero-order valence-electron chi connectivity index (χ0n) is 16.8. The number of nitrogens with one attached hydrogen (secondary N) is 1. The van der Waals surface area contributed by atoms with E-state index in [0.717, 1.165) is 30.9 Å². The fourth-order valence-electron chi connectivity index (χ4n) is 5.24. The third-order valence-corrected chi connectivity index (χ3v) is 6.55. The van der Waals surface area contributed by atoms with Crippen LogP contribution >= 0.6 is 0 Å². The van der Waals surface area contributed by atoms with Gasteiger partial charge in [0, 0.05) is 49.5 Å². The first-order valence-corrected chi connectivity index (χ1v) is 10.5. The fourth-order valence-corrected chi connectivity index (χ4v) is 5.24. The summed E-state index contributed by atoms with van der Waals surface area (Å²) in [5.41, 5.74) is 2.09. The van der Waals surface area contributed by atoms with Crippen molar-refractivity contribution in [1.29, 1.82) is 0 Å². The molecule has 1 saturated carbocycles. The smallest absolute Gasteiger partial charge is 0.269 e. The highest BCUT2D eigenvalue weighted by Crippen LogP contribution is 2.39. The molecule has 152 valence electrons. The van der Waals surface area contributed by atoms with Crippen LogP contribution in [0.1, 0.15) is 45.1 Å². The number of carbonyl (C=O) groups excluding carboxylic acids is 1. The van der Waals surface area contributed by atoms with Crippen LogP contribution in [0.3, 0.4) is 0 Å². The maximum atomic E-state index is 13.0. The molecule has 0 bridgehead atoms. The van der Waals surface area contributed by atoms with Crippen LogP contribution < -0.4 is 10.2 Å². The van der Waals surface area contributed by atoms with Crippen molar-refractivity contribution in [3.8, 4) is 0 Å². The number of anilines is 1. The standard InChI is InChI=1S/C21H30N4O3/c1-14(2)22-21(26)18-12-15-11-17(25(27)28)7-8-19(15)24-10-9-23(13-20(18)24)16-5-3-4-6-16/h7-8,11,14,16,18,20H,3-6,9-10,12-13H2,1-2H3,(H,22,26). The molecular formula is C21H30N4O3. The van der Waals surface area contributed by atoms with Crippen LogP contribution in [0.25, 0.3) is 0 Å². The van der Waals surface area contributed by atoms with Crippen LogP contribution in [0.4, 0.5) is 11.4 Å². The van der Waals surface area contributed by atoms with E-state index in [-0.39, 0.29) is 34.5 Å². The Bertz CT molecular complexity index is 760. The third kappa shape index (κ3) is 3.60. The van der Waals surface area contributed by atoms with Gasteiger partial charge in [0.15, 0.2) is 0 Å². The van der Waals surface area contributed by atoms with Gasteiger partial charge < -0.3 is 10.2 Å². The predicted molar refractivity (Wildman–Crippen MR) is 109 cm³/mol. The second-order valence-corrected chi connectivity index (χ2v) is 8.74. The Morgan fingerprint density at radius 1 is 1.25 bits per heavy atom. The van der Waals surface area contributed by atoms with Gasteiger partial charge in [-0.3, -0.25) is 19.8 Å². The molecule has 1 saturated heterocycles. The molecular weight excluding hydrogens is 356 g/mol. The largest absolute Gasteiger partial charge is 0.365 e. The molecule has 0 aromatic heterocycles. The minimum atomic E-state index is -0.354. The van der Waals surface area contributed by atoms with E-state index in [1.165, 1.54) is 25.7 Å². The minimum Gasteiger partial charge on any atom is -0.365 e. The summed E-state index contributed by atoms with van der Waals surface area (Å²) in [5.74, 6) is -0.114. The molecule has 7 nitrogen and oxygen atoms in total. The van der Waals surface area contributed by atoms with Crippen molar-refractivity contribution >= 4 is 17.3 Å². The number of amides is 1. The Balaban J connectivity index is 1.65. The molecule has 2 aliphatic heterocycles. The molecule has 2 atom stereocenters. The number of fused-ring (bicyclic) bond motifs is 3. The van der Waals surface area contributed by atoms with Gasteiger partial charge in [-0.2, -0.15) is 0 Å². The predicted octanol–water partition coefficient (Wildman–Crippen LogP) is 2.72. The van der Waals surface area contributed by atoms with E-state index in [1.807, 2.05) is 19.9 Å². The van der Waals surface area contributed by atoms with Crippen LogP contribution in [0.2, 0.25) is 0 Å². The quantitative estimate of drug-likeness (QED) is 0.636. The molecule has 0 spiro atoms. The minimum absolute atomic E-state index is 0.0652. The first kappa shape index (κ1) is 19.2. The van der Waals surface area contributed by atoms with Crippen molar-refractivity contribution in [2.75, 3.05) is 24.5 Å². The summed E-state index contributed by atoms with van der Waals surface area (Å²) < 4.78 is 0. The molecule has 1 aromatic rings. The number of rotatable bonds is 4. The molecule has 1 aromatic carbocycles. The molecule has 4 rings (SSSR count). The van der Waals surface area contributed by atoms with Crippen molar-refractivity contribution in [3.05, 3.63) is 33.9 Å². The van der Waals surface area contributed by atoms with Gasteiger partial charge in [-0.1, -0.05) is 12.8 Å². The number of hydrogen-bond donors (Lipinski definition) is 1. The van der Waals surface area contributed by atoms with Gasteiger partial charge >= 0.3 is 0 Å². The van der Waals surface area contributed by atoms with Gasteiger partial charge in [-0.15, -0.1) is 0 Å². The number of carbonyl (C=O) groups is 1. The monoisotopic (exact) mass is 386 g/mol. The Morgan fingerprint density at radius 3 is 2.68 bits per heavy atom. The van der Waals surface area contributed by atoms with Gasteiger partial charge in [-0.05, 0) is 44.7 Å². The number of non-ortho nitro benzene ring substituents is 1. The van der Waals surface area contributed by atoms with Gasteiger partial charge in [0.05, 0.1) is 16.9 Å². The normalized spacial score (nSPS) is 25.5. The lowest BCUT2D eigenvalue weighted by Crippen LogP contribution is -2.62. The lowest BCUT2D eigenvalue weighted by molar-refractivity contribution is -0.384.